The van der Waals surface area contributed by atoms with Crippen molar-refractivity contribution in [3.63, 3.8) is 0 Å². The fraction of sp³-hybridized carbons (Fsp3) is 0.269. The predicted molar refractivity (Wildman–Crippen MR) is 134 cm³/mol. The minimum atomic E-state index is -3.76. The molecule has 1 aliphatic rings. The van der Waals surface area contributed by atoms with Gasteiger partial charge >= 0.3 is 0 Å². The zero-order chi connectivity index (χ0) is 24.2. The summed E-state index contributed by atoms with van der Waals surface area (Å²) >= 11 is 6.06. The fourth-order valence-electron chi connectivity index (χ4n) is 4.16. The minimum absolute atomic E-state index is 0.0920. The highest BCUT2D eigenvalue weighted by atomic mass is 35.5. The van der Waals surface area contributed by atoms with Crippen LogP contribution in [0.5, 0.6) is 0 Å². The van der Waals surface area contributed by atoms with Crippen LogP contribution in [0.25, 0.3) is 0 Å². The molecule has 0 unspecified atom stereocenters. The predicted octanol–water partition coefficient (Wildman–Crippen LogP) is 4.93. The van der Waals surface area contributed by atoms with E-state index in [0.29, 0.717) is 36.0 Å². The molecule has 6 nitrogen and oxygen atoms in total. The normalized spacial score (nSPS) is 15.5. The van der Waals surface area contributed by atoms with E-state index in [1.807, 2.05) is 43.3 Å². The number of para-hydroxylation sites is 1. The molecule has 2 N–H and O–H groups in total. The number of amides is 1. The highest BCUT2D eigenvalue weighted by Crippen LogP contribution is 2.35. The van der Waals surface area contributed by atoms with Gasteiger partial charge in [0.1, 0.15) is 0 Å². The van der Waals surface area contributed by atoms with Gasteiger partial charge in [-0.15, -0.1) is 0 Å². The Hall–Kier alpha value is -2.87. The third-order valence-corrected chi connectivity index (χ3v) is 7.94. The summed E-state index contributed by atoms with van der Waals surface area (Å²) in [5.41, 5.74) is 2.62. The van der Waals surface area contributed by atoms with Crippen LogP contribution in [0.4, 0.5) is 5.69 Å². The molecule has 1 heterocycles. The Kier molecular flexibility index (Phi) is 7.26. The lowest BCUT2D eigenvalue weighted by molar-refractivity contribution is 0.0487. The van der Waals surface area contributed by atoms with E-state index in [-0.39, 0.29) is 16.2 Å². The molecule has 0 aromatic heterocycles. The number of ether oxygens (including phenoxy) is 1. The van der Waals surface area contributed by atoms with E-state index in [0.717, 1.165) is 24.0 Å². The molecule has 1 aliphatic heterocycles. The van der Waals surface area contributed by atoms with Crippen LogP contribution < -0.4 is 10.0 Å². The van der Waals surface area contributed by atoms with Crippen molar-refractivity contribution < 1.29 is 17.9 Å². The van der Waals surface area contributed by atoms with Crippen LogP contribution in [0.3, 0.4) is 0 Å². The Morgan fingerprint density at radius 3 is 2.26 bits per heavy atom. The van der Waals surface area contributed by atoms with Crippen LogP contribution >= 0.6 is 11.6 Å². The fourth-order valence-corrected chi connectivity index (χ4v) is 5.42. The summed E-state index contributed by atoms with van der Waals surface area (Å²) in [4.78, 5) is 13.0. The maximum absolute atomic E-state index is 12.9. The third-order valence-electron chi connectivity index (χ3n) is 6.31. The van der Waals surface area contributed by atoms with E-state index >= 15 is 0 Å². The van der Waals surface area contributed by atoms with E-state index in [9.17, 15) is 13.2 Å². The van der Waals surface area contributed by atoms with E-state index in [1.54, 1.807) is 12.1 Å². The van der Waals surface area contributed by atoms with Gasteiger partial charge in [0.25, 0.3) is 15.9 Å². The van der Waals surface area contributed by atoms with Gasteiger partial charge in [-0.1, -0.05) is 41.9 Å². The first kappa shape index (κ1) is 24.3. The van der Waals surface area contributed by atoms with Crippen molar-refractivity contribution in [2.75, 3.05) is 24.5 Å². The number of hydrogen-bond acceptors (Lipinski definition) is 4. The summed E-state index contributed by atoms with van der Waals surface area (Å²) in [7, 11) is -3.76. The Morgan fingerprint density at radius 2 is 1.62 bits per heavy atom. The lowest BCUT2D eigenvalue weighted by Crippen LogP contribution is -2.44. The van der Waals surface area contributed by atoms with Crippen LogP contribution in [0, 0.1) is 6.92 Å². The molecule has 0 aliphatic carbocycles. The zero-order valence-corrected chi connectivity index (χ0v) is 20.5. The molecule has 1 saturated heterocycles. The monoisotopic (exact) mass is 498 g/mol. The maximum Gasteiger partial charge on any atom is 0.261 e. The van der Waals surface area contributed by atoms with Gasteiger partial charge in [0.2, 0.25) is 0 Å². The Balaban J connectivity index is 1.46. The number of rotatable bonds is 7. The van der Waals surface area contributed by atoms with Gasteiger partial charge in [0.05, 0.1) is 10.6 Å². The van der Waals surface area contributed by atoms with Crippen molar-refractivity contribution in [1.29, 1.82) is 0 Å². The molecule has 34 heavy (non-hydrogen) atoms. The van der Waals surface area contributed by atoms with Crippen molar-refractivity contribution in [2.24, 2.45) is 0 Å². The summed E-state index contributed by atoms with van der Waals surface area (Å²) in [6.07, 6.45) is 1.58. The van der Waals surface area contributed by atoms with Crippen LogP contribution in [0.1, 0.15) is 34.3 Å². The summed E-state index contributed by atoms with van der Waals surface area (Å²) in [5.74, 6) is -0.254. The van der Waals surface area contributed by atoms with Gasteiger partial charge in [0.15, 0.2) is 0 Å². The second-order valence-electron chi connectivity index (χ2n) is 8.53. The van der Waals surface area contributed by atoms with Crippen molar-refractivity contribution in [3.8, 4) is 0 Å². The minimum Gasteiger partial charge on any atom is -0.381 e. The average Bonchev–Trinajstić information content (AvgIpc) is 2.85. The SMILES string of the molecule is Cc1ccccc1NS(=O)(=O)c1ccc(C(=O)NCC2(c3ccc(Cl)cc3)CCOCC2)cc1. The van der Waals surface area contributed by atoms with Gasteiger partial charge < -0.3 is 10.1 Å². The number of hydrogen-bond donors (Lipinski definition) is 2. The van der Waals surface area contributed by atoms with Crippen LogP contribution in [0.2, 0.25) is 5.02 Å². The molecular weight excluding hydrogens is 472 g/mol. The highest BCUT2D eigenvalue weighted by molar-refractivity contribution is 7.92. The van der Waals surface area contributed by atoms with Crippen LogP contribution in [-0.4, -0.2) is 34.1 Å². The number of anilines is 1. The molecule has 8 heteroatoms. The molecule has 0 spiro atoms. The first-order valence-corrected chi connectivity index (χ1v) is 13.0. The molecule has 3 aromatic carbocycles. The van der Waals surface area contributed by atoms with Gasteiger partial charge in [0, 0.05) is 35.8 Å². The van der Waals surface area contributed by atoms with E-state index < -0.39 is 10.0 Å². The third kappa shape index (κ3) is 5.43. The van der Waals surface area contributed by atoms with E-state index in [2.05, 4.69) is 10.0 Å². The van der Waals surface area contributed by atoms with Gasteiger partial charge in [-0.3, -0.25) is 9.52 Å². The van der Waals surface area contributed by atoms with Crippen molar-refractivity contribution >= 4 is 33.2 Å². The standard InChI is InChI=1S/C26H27ClN2O4S/c1-19-4-2-3-5-24(19)29-34(31,32)23-12-6-20(7-13-23)25(30)28-18-26(14-16-33-17-15-26)21-8-10-22(27)11-9-21/h2-13,29H,14-18H2,1H3,(H,28,30). The number of aryl methyl sites for hydroxylation is 1. The lowest BCUT2D eigenvalue weighted by atomic mass is 9.74. The Labute approximate surface area is 205 Å². The molecule has 3 aromatic rings. The van der Waals surface area contributed by atoms with E-state index in [1.165, 1.54) is 24.3 Å². The molecule has 4 rings (SSSR count). The second kappa shape index (κ2) is 10.2. The van der Waals surface area contributed by atoms with Crippen molar-refractivity contribution in [3.05, 3.63) is 94.5 Å². The van der Waals surface area contributed by atoms with Gasteiger partial charge in [-0.2, -0.15) is 0 Å². The van der Waals surface area contributed by atoms with Gasteiger partial charge in [-0.05, 0) is 73.4 Å². The summed E-state index contributed by atoms with van der Waals surface area (Å²) in [6, 6.07) is 20.8. The van der Waals surface area contributed by atoms with Crippen molar-refractivity contribution in [2.45, 2.75) is 30.1 Å². The largest absolute Gasteiger partial charge is 0.381 e. The number of carbonyl (C=O) groups is 1. The van der Waals surface area contributed by atoms with Crippen LogP contribution in [0.15, 0.2) is 77.7 Å². The molecule has 178 valence electrons. The highest BCUT2D eigenvalue weighted by Gasteiger charge is 2.35. The smallest absolute Gasteiger partial charge is 0.261 e. The molecule has 0 radical (unpaired) electrons. The molecule has 1 fully saturated rings. The lowest BCUT2D eigenvalue weighted by Gasteiger charge is -2.38. The number of halogens is 1. The molecule has 0 atom stereocenters. The summed E-state index contributed by atoms with van der Waals surface area (Å²) in [5, 5.41) is 3.70. The Morgan fingerprint density at radius 1 is 0.971 bits per heavy atom. The topological polar surface area (TPSA) is 84.5 Å². The first-order valence-electron chi connectivity index (χ1n) is 11.1. The first-order chi connectivity index (χ1) is 16.3. The molecular formula is C26H27ClN2O4S. The number of nitrogens with one attached hydrogen (secondary N) is 2. The van der Waals surface area contributed by atoms with Gasteiger partial charge in [-0.25, -0.2) is 8.42 Å². The average molecular weight is 499 g/mol. The zero-order valence-electron chi connectivity index (χ0n) is 18.9. The quantitative estimate of drug-likeness (QED) is 0.484. The number of carbonyl (C=O) groups excluding carboxylic acids is 1. The van der Waals surface area contributed by atoms with E-state index in [4.69, 9.17) is 16.3 Å². The second-order valence-corrected chi connectivity index (χ2v) is 10.6. The molecule has 0 saturated carbocycles. The molecule has 0 bridgehead atoms. The van der Waals surface area contributed by atoms with Crippen molar-refractivity contribution in [1.82, 2.24) is 5.32 Å². The molecule has 1 amide bonds. The maximum atomic E-state index is 12.9. The Bertz CT molecular complexity index is 1250. The summed E-state index contributed by atoms with van der Waals surface area (Å²) < 4.78 is 33.7. The summed E-state index contributed by atoms with van der Waals surface area (Å²) in [6.45, 7) is 3.53. The van der Waals surface area contributed by atoms with Crippen LogP contribution in [-0.2, 0) is 20.2 Å². The number of sulfonamides is 1. The number of benzene rings is 3.